The van der Waals surface area contributed by atoms with Gasteiger partial charge in [0.2, 0.25) is 0 Å². The van der Waals surface area contributed by atoms with Crippen molar-refractivity contribution in [2.45, 2.75) is 135 Å². The molecule has 0 radical (unpaired) electrons. The molecule has 8 fully saturated rings. The molecule has 2 N–H and O–H groups in total. The lowest BCUT2D eigenvalue weighted by molar-refractivity contribution is -0.213. The fourth-order valence-corrected chi connectivity index (χ4v) is 13.4. The Balaban J connectivity index is 0.930. The molecule has 250 valence electrons. The van der Waals surface area contributed by atoms with Crippen LogP contribution in [0.2, 0.25) is 0 Å². The summed E-state index contributed by atoms with van der Waals surface area (Å²) in [5, 5.41) is 23.6. The predicted molar refractivity (Wildman–Crippen MR) is 166 cm³/mol. The van der Waals surface area contributed by atoms with E-state index in [4.69, 9.17) is 18.9 Å². The minimum absolute atomic E-state index is 0.0993. The SMILES string of the molecule is COCO[C@@H]1CC[C@@]2(C)C(CC(O)C3C2C[C@H](O)[C@]2(C)C(C(C)CCC(=O)OCOC4C5CC6CC(C5)CC4C6)CCC32)C1. The second-order valence-electron chi connectivity index (χ2n) is 17.3. The maximum absolute atomic E-state index is 12.8. The first-order chi connectivity index (χ1) is 21.1. The molecule has 7 unspecified atom stereocenters. The van der Waals surface area contributed by atoms with Gasteiger partial charge in [-0.2, -0.15) is 0 Å². The largest absolute Gasteiger partial charge is 0.438 e. The molecule has 0 aromatic heterocycles. The van der Waals surface area contributed by atoms with Gasteiger partial charge in [-0.25, -0.2) is 0 Å². The maximum atomic E-state index is 12.8. The number of carbonyl (C=O) groups excluding carboxylic acids is 1. The highest BCUT2D eigenvalue weighted by atomic mass is 16.7. The van der Waals surface area contributed by atoms with Crippen molar-refractivity contribution < 1.29 is 34.0 Å². The third kappa shape index (κ3) is 5.41. The van der Waals surface area contributed by atoms with Gasteiger partial charge in [-0.3, -0.25) is 4.79 Å². The maximum Gasteiger partial charge on any atom is 0.307 e. The number of methoxy groups -OCH3 is 1. The average molecular weight is 617 g/mol. The Hall–Kier alpha value is -0.730. The summed E-state index contributed by atoms with van der Waals surface area (Å²) < 4.78 is 23.0. The van der Waals surface area contributed by atoms with E-state index in [0.717, 1.165) is 63.2 Å². The summed E-state index contributed by atoms with van der Waals surface area (Å²) in [5.41, 5.74) is -0.0959. The van der Waals surface area contributed by atoms with Crippen LogP contribution in [0.3, 0.4) is 0 Å². The Morgan fingerprint density at radius 3 is 2.30 bits per heavy atom. The van der Waals surface area contributed by atoms with E-state index in [1.807, 2.05) is 0 Å². The average Bonchev–Trinajstić information content (AvgIpc) is 3.35. The molecule has 0 aromatic rings. The number of rotatable bonds is 10. The molecule has 7 nitrogen and oxygen atoms in total. The van der Waals surface area contributed by atoms with E-state index in [1.165, 1.54) is 32.1 Å². The van der Waals surface area contributed by atoms with Crippen LogP contribution < -0.4 is 0 Å². The standard InChI is InChI=1S/C37H60O7/c1-21(5-8-33(40)43-20-44-35-24-12-22-11-23(14-24)15-25(35)13-22)28-6-7-29-34-30(18-32(39)37(28,29)3)36(2)10-9-27(42-19-41-4)16-26(36)17-31(34)38/h21-32,34-35,38-39H,5-20H2,1-4H3/t21?,22?,23?,24?,25?,26?,27-,28?,29?,30?,31?,32+,34?,35?,36+,37-/m1/s1. The summed E-state index contributed by atoms with van der Waals surface area (Å²) in [5.74, 6) is 4.98. The Morgan fingerprint density at radius 2 is 1.59 bits per heavy atom. The monoisotopic (exact) mass is 616 g/mol. The summed E-state index contributed by atoms with van der Waals surface area (Å²) in [6, 6.07) is 0. The third-order valence-electron chi connectivity index (χ3n) is 15.3. The lowest BCUT2D eigenvalue weighted by Gasteiger charge is -2.63. The highest BCUT2D eigenvalue weighted by molar-refractivity contribution is 5.69. The van der Waals surface area contributed by atoms with Crippen molar-refractivity contribution >= 4 is 5.97 Å². The van der Waals surface area contributed by atoms with Crippen molar-refractivity contribution in [3.05, 3.63) is 0 Å². The van der Waals surface area contributed by atoms with Crippen molar-refractivity contribution in [1.82, 2.24) is 0 Å². The number of fused-ring (bicyclic) bond motifs is 5. The van der Waals surface area contributed by atoms with E-state index in [-0.39, 0.29) is 53.9 Å². The van der Waals surface area contributed by atoms with Gasteiger partial charge in [0, 0.05) is 13.5 Å². The second-order valence-corrected chi connectivity index (χ2v) is 17.3. The van der Waals surface area contributed by atoms with Gasteiger partial charge in [0.15, 0.2) is 6.79 Å². The summed E-state index contributed by atoms with van der Waals surface area (Å²) in [6.45, 7) is 7.44. The summed E-state index contributed by atoms with van der Waals surface area (Å²) in [6.07, 6.45) is 14.4. The van der Waals surface area contributed by atoms with Gasteiger partial charge in [0.05, 0.1) is 24.4 Å². The number of carbonyl (C=O) groups is 1. The topological polar surface area (TPSA) is 94.5 Å². The number of hydrogen-bond donors (Lipinski definition) is 2. The molecule has 44 heavy (non-hydrogen) atoms. The van der Waals surface area contributed by atoms with Crippen molar-refractivity contribution in [2.75, 3.05) is 20.7 Å². The molecule has 8 aliphatic rings. The zero-order valence-electron chi connectivity index (χ0n) is 27.8. The van der Waals surface area contributed by atoms with E-state index in [0.29, 0.717) is 54.6 Å². The van der Waals surface area contributed by atoms with Gasteiger partial charge < -0.3 is 29.2 Å². The molecular weight excluding hydrogens is 556 g/mol. The molecule has 8 aliphatic carbocycles. The smallest absolute Gasteiger partial charge is 0.307 e. The van der Waals surface area contributed by atoms with Gasteiger partial charge in [-0.05, 0) is 153 Å². The van der Waals surface area contributed by atoms with Gasteiger partial charge >= 0.3 is 5.97 Å². The van der Waals surface area contributed by atoms with E-state index in [1.54, 1.807) is 7.11 Å². The van der Waals surface area contributed by atoms with E-state index in [9.17, 15) is 15.0 Å². The van der Waals surface area contributed by atoms with Crippen molar-refractivity contribution in [1.29, 1.82) is 0 Å². The number of hydrogen-bond acceptors (Lipinski definition) is 7. The Kier molecular flexibility index (Phi) is 8.96. The first-order valence-corrected chi connectivity index (χ1v) is 18.4. The molecule has 0 heterocycles. The summed E-state index contributed by atoms with van der Waals surface area (Å²) in [7, 11) is 1.67. The fourth-order valence-electron chi connectivity index (χ4n) is 13.4. The van der Waals surface area contributed by atoms with Crippen LogP contribution in [-0.4, -0.2) is 61.3 Å². The summed E-state index contributed by atoms with van der Waals surface area (Å²) in [4.78, 5) is 12.8. The molecule has 4 bridgehead atoms. The van der Waals surface area contributed by atoms with Crippen LogP contribution in [0, 0.1) is 70.0 Å². The number of ether oxygens (including phenoxy) is 4. The van der Waals surface area contributed by atoms with Crippen LogP contribution in [0.1, 0.15) is 111 Å². The first-order valence-electron chi connectivity index (χ1n) is 18.4. The highest BCUT2D eigenvalue weighted by Crippen LogP contribution is 2.68. The number of aliphatic hydroxyl groups is 2. The molecular formula is C37H60O7. The molecule has 7 heteroatoms. The van der Waals surface area contributed by atoms with Crippen LogP contribution in [0.5, 0.6) is 0 Å². The zero-order valence-corrected chi connectivity index (χ0v) is 27.8. The Bertz CT molecular complexity index is 1010. The Labute approximate surface area is 265 Å². The molecule has 0 spiro atoms. The lowest BCUT2D eigenvalue weighted by atomic mass is 9.43. The van der Waals surface area contributed by atoms with E-state index >= 15 is 0 Å². The first kappa shape index (κ1) is 31.8. The summed E-state index contributed by atoms with van der Waals surface area (Å²) >= 11 is 0. The second kappa shape index (κ2) is 12.4. The van der Waals surface area contributed by atoms with Gasteiger partial charge in [0.25, 0.3) is 0 Å². The zero-order chi connectivity index (χ0) is 30.8. The van der Waals surface area contributed by atoms with Gasteiger partial charge in [-0.15, -0.1) is 0 Å². The number of esters is 1. The van der Waals surface area contributed by atoms with Crippen molar-refractivity contribution in [3.63, 3.8) is 0 Å². The minimum Gasteiger partial charge on any atom is -0.438 e. The van der Waals surface area contributed by atoms with Crippen LogP contribution in [0.15, 0.2) is 0 Å². The van der Waals surface area contributed by atoms with Crippen molar-refractivity contribution in [3.8, 4) is 0 Å². The third-order valence-corrected chi connectivity index (χ3v) is 15.3. The van der Waals surface area contributed by atoms with Gasteiger partial charge in [0.1, 0.15) is 6.79 Å². The number of aliphatic hydroxyl groups excluding tert-OH is 2. The molecule has 0 aromatic carbocycles. The quantitative estimate of drug-likeness (QED) is 0.219. The molecule has 8 rings (SSSR count). The molecule has 8 saturated carbocycles. The molecule has 0 amide bonds. The molecule has 11 atom stereocenters. The van der Waals surface area contributed by atoms with E-state index < -0.39 is 0 Å². The molecule has 0 saturated heterocycles. The van der Waals surface area contributed by atoms with Crippen molar-refractivity contribution in [2.24, 2.45) is 70.0 Å². The highest BCUT2D eigenvalue weighted by Gasteiger charge is 2.65. The minimum atomic E-state index is -0.379. The lowest BCUT2D eigenvalue weighted by Crippen LogP contribution is -2.62. The predicted octanol–water partition coefficient (Wildman–Crippen LogP) is 6.33. The normalized spacial score (nSPS) is 51.4. The van der Waals surface area contributed by atoms with Crippen LogP contribution >= 0.6 is 0 Å². The van der Waals surface area contributed by atoms with Gasteiger partial charge in [-0.1, -0.05) is 20.8 Å². The Morgan fingerprint density at radius 1 is 0.864 bits per heavy atom. The fraction of sp³-hybridized carbons (Fsp3) is 0.973. The van der Waals surface area contributed by atoms with Crippen LogP contribution in [0.25, 0.3) is 0 Å². The van der Waals surface area contributed by atoms with E-state index in [2.05, 4.69) is 20.8 Å². The van der Waals surface area contributed by atoms with Crippen LogP contribution in [0.4, 0.5) is 0 Å². The van der Waals surface area contributed by atoms with Crippen LogP contribution in [-0.2, 0) is 23.7 Å². The molecule has 0 aliphatic heterocycles.